The topological polar surface area (TPSA) is 59.1 Å². The summed E-state index contributed by atoms with van der Waals surface area (Å²) in [6.45, 7) is 3.39. The Balaban J connectivity index is 1.92. The third-order valence-electron chi connectivity index (χ3n) is 4.28. The molecule has 29 heavy (non-hydrogen) atoms. The van der Waals surface area contributed by atoms with E-state index in [9.17, 15) is 26.0 Å². The van der Waals surface area contributed by atoms with Crippen molar-refractivity contribution in [3.05, 3.63) is 77.2 Å². The molecule has 3 rings (SSSR count). The summed E-state index contributed by atoms with van der Waals surface area (Å²) in [5, 5.41) is 0. The Labute approximate surface area is 165 Å². The van der Waals surface area contributed by atoms with Crippen LogP contribution in [0.25, 0.3) is 11.1 Å². The van der Waals surface area contributed by atoms with Crippen molar-refractivity contribution in [2.24, 2.45) is 0 Å². The molecule has 3 aromatic rings. The smallest absolute Gasteiger partial charge is 0.263 e. The van der Waals surface area contributed by atoms with E-state index < -0.39 is 26.7 Å². The fourth-order valence-electron chi connectivity index (χ4n) is 2.87. The number of halogens is 4. The summed E-state index contributed by atoms with van der Waals surface area (Å²) in [5.74, 6) is -0.411. The van der Waals surface area contributed by atoms with Gasteiger partial charge in [0.1, 0.15) is 11.6 Å². The van der Waals surface area contributed by atoms with E-state index in [4.69, 9.17) is 0 Å². The van der Waals surface area contributed by atoms with Crippen LogP contribution in [0.2, 0.25) is 0 Å². The Morgan fingerprint density at radius 2 is 1.62 bits per heavy atom. The number of aryl methyl sites for hydroxylation is 2. The number of nitrogens with zero attached hydrogens (tertiary/aromatic N) is 1. The molecule has 0 unspecified atom stereocenters. The van der Waals surface area contributed by atoms with Crippen molar-refractivity contribution < 1.29 is 26.0 Å². The molecule has 0 amide bonds. The molecule has 0 spiro atoms. The summed E-state index contributed by atoms with van der Waals surface area (Å²) in [6, 6.07) is 10.7. The monoisotopic (exact) mass is 424 g/mol. The van der Waals surface area contributed by atoms with Gasteiger partial charge in [0, 0.05) is 11.3 Å². The number of alkyl halides is 3. The van der Waals surface area contributed by atoms with Crippen LogP contribution in [0, 0.1) is 19.7 Å². The highest BCUT2D eigenvalue weighted by Crippen LogP contribution is 2.31. The fourth-order valence-corrected chi connectivity index (χ4v) is 3.91. The molecule has 0 aliphatic carbocycles. The van der Waals surface area contributed by atoms with Crippen LogP contribution in [0.4, 0.5) is 23.4 Å². The van der Waals surface area contributed by atoms with Gasteiger partial charge in [-0.3, -0.25) is 4.72 Å². The van der Waals surface area contributed by atoms with E-state index in [0.717, 1.165) is 23.8 Å². The van der Waals surface area contributed by atoms with Crippen molar-refractivity contribution in [1.29, 1.82) is 0 Å². The molecule has 1 aromatic heterocycles. The van der Waals surface area contributed by atoms with Gasteiger partial charge >= 0.3 is 6.18 Å². The second-order valence-electron chi connectivity index (χ2n) is 6.42. The Morgan fingerprint density at radius 1 is 0.931 bits per heavy atom. The summed E-state index contributed by atoms with van der Waals surface area (Å²) >= 11 is 0. The Bertz CT molecular complexity index is 1180. The molecular weight excluding hydrogens is 408 g/mol. The van der Waals surface area contributed by atoms with Gasteiger partial charge in [0.05, 0.1) is 10.5 Å². The van der Waals surface area contributed by atoms with Gasteiger partial charge in [0.15, 0.2) is 0 Å². The summed E-state index contributed by atoms with van der Waals surface area (Å²) in [5.41, 5.74) is 1.52. The molecule has 4 nitrogen and oxygen atoms in total. The van der Waals surface area contributed by atoms with Crippen LogP contribution in [0.5, 0.6) is 0 Å². The lowest BCUT2D eigenvalue weighted by molar-refractivity contribution is -0.137. The van der Waals surface area contributed by atoms with Gasteiger partial charge in [0.2, 0.25) is 0 Å². The molecular formula is C20H16F4N2O2S. The maximum atomic E-state index is 13.3. The Hall–Kier alpha value is -2.94. The SMILES string of the molecule is Cc1cc(F)ccc1-c1ccc(NS(=O)(=O)c2cccc(C(F)(F)F)c2)nc1C. The van der Waals surface area contributed by atoms with Crippen LogP contribution in [0.15, 0.2) is 59.5 Å². The zero-order valence-electron chi connectivity index (χ0n) is 15.4. The predicted octanol–water partition coefficient (Wildman–Crippen LogP) is 5.32. The summed E-state index contributed by atoms with van der Waals surface area (Å²) in [4.78, 5) is 3.67. The Morgan fingerprint density at radius 3 is 2.24 bits per heavy atom. The Kier molecular flexibility index (Phi) is 5.36. The summed E-state index contributed by atoms with van der Waals surface area (Å²) in [6.07, 6.45) is -4.66. The van der Waals surface area contributed by atoms with E-state index in [0.29, 0.717) is 22.9 Å². The van der Waals surface area contributed by atoms with Gasteiger partial charge in [-0.15, -0.1) is 0 Å². The maximum absolute atomic E-state index is 13.3. The van der Waals surface area contributed by atoms with Crippen LogP contribution in [0.3, 0.4) is 0 Å². The maximum Gasteiger partial charge on any atom is 0.416 e. The van der Waals surface area contributed by atoms with Gasteiger partial charge in [-0.25, -0.2) is 17.8 Å². The second kappa shape index (κ2) is 7.47. The quantitative estimate of drug-likeness (QED) is 0.577. The molecule has 0 aliphatic rings. The van der Waals surface area contributed by atoms with Crippen molar-refractivity contribution >= 4 is 15.8 Å². The highest BCUT2D eigenvalue weighted by Gasteiger charge is 2.31. The van der Waals surface area contributed by atoms with E-state index in [1.54, 1.807) is 26.0 Å². The first-order valence-electron chi connectivity index (χ1n) is 8.41. The van der Waals surface area contributed by atoms with Crippen molar-refractivity contribution in [3.63, 3.8) is 0 Å². The molecule has 0 fully saturated rings. The van der Waals surface area contributed by atoms with Gasteiger partial charge in [-0.05, 0) is 67.4 Å². The molecule has 0 radical (unpaired) electrons. The van der Waals surface area contributed by atoms with Crippen molar-refractivity contribution in [2.75, 3.05) is 4.72 Å². The molecule has 0 bridgehead atoms. The van der Waals surface area contributed by atoms with E-state index in [2.05, 4.69) is 9.71 Å². The van der Waals surface area contributed by atoms with E-state index in [1.165, 1.54) is 18.2 Å². The molecule has 1 N–H and O–H groups in total. The highest BCUT2D eigenvalue weighted by molar-refractivity contribution is 7.92. The molecule has 1 heterocycles. The van der Waals surface area contributed by atoms with Crippen molar-refractivity contribution in [3.8, 4) is 11.1 Å². The number of benzene rings is 2. The number of sulfonamides is 1. The largest absolute Gasteiger partial charge is 0.416 e. The van der Waals surface area contributed by atoms with Gasteiger partial charge in [-0.1, -0.05) is 12.1 Å². The van der Waals surface area contributed by atoms with Crippen LogP contribution in [0.1, 0.15) is 16.8 Å². The van der Waals surface area contributed by atoms with Crippen LogP contribution in [-0.4, -0.2) is 13.4 Å². The first-order valence-corrected chi connectivity index (χ1v) is 9.90. The standard InChI is InChI=1S/C20H16F4N2O2S/c1-12-10-15(21)6-7-17(12)18-8-9-19(25-13(18)2)26-29(27,28)16-5-3-4-14(11-16)20(22,23)24/h3-11H,1-2H3,(H,25,26). The number of aromatic nitrogens is 1. The third kappa shape index (κ3) is 4.56. The molecule has 152 valence electrons. The summed E-state index contributed by atoms with van der Waals surface area (Å²) < 4.78 is 79.0. The van der Waals surface area contributed by atoms with E-state index in [1.807, 2.05) is 0 Å². The molecule has 0 aliphatic heterocycles. The lowest BCUT2D eigenvalue weighted by atomic mass is 9.99. The average molecular weight is 424 g/mol. The molecule has 0 saturated carbocycles. The fraction of sp³-hybridized carbons (Fsp3) is 0.150. The van der Waals surface area contributed by atoms with Crippen LogP contribution in [-0.2, 0) is 16.2 Å². The van der Waals surface area contributed by atoms with Crippen molar-refractivity contribution in [2.45, 2.75) is 24.9 Å². The highest BCUT2D eigenvalue weighted by atomic mass is 32.2. The minimum atomic E-state index is -4.66. The number of nitrogens with one attached hydrogen (secondary N) is 1. The average Bonchev–Trinajstić information content (AvgIpc) is 2.62. The molecule has 2 aromatic carbocycles. The lowest BCUT2D eigenvalue weighted by Gasteiger charge is -2.13. The molecule has 9 heteroatoms. The van der Waals surface area contributed by atoms with Crippen LogP contribution >= 0.6 is 0 Å². The van der Waals surface area contributed by atoms with Gasteiger partial charge < -0.3 is 0 Å². The molecule has 0 saturated heterocycles. The predicted molar refractivity (Wildman–Crippen MR) is 101 cm³/mol. The summed E-state index contributed by atoms with van der Waals surface area (Å²) in [7, 11) is -4.27. The third-order valence-corrected chi connectivity index (χ3v) is 5.63. The first-order chi connectivity index (χ1) is 13.5. The van der Waals surface area contributed by atoms with Crippen molar-refractivity contribution in [1.82, 2.24) is 4.98 Å². The zero-order chi connectivity index (χ0) is 21.4. The minimum absolute atomic E-state index is 0.0385. The van der Waals surface area contributed by atoms with Gasteiger partial charge in [-0.2, -0.15) is 13.2 Å². The molecule has 0 atom stereocenters. The minimum Gasteiger partial charge on any atom is -0.263 e. The number of hydrogen-bond donors (Lipinski definition) is 1. The normalized spacial score (nSPS) is 12.1. The number of pyridine rings is 1. The lowest BCUT2D eigenvalue weighted by Crippen LogP contribution is -2.15. The zero-order valence-corrected chi connectivity index (χ0v) is 16.2. The van der Waals surface area contributed by atoms with Gasteiger partial charge in [0.25, 0.3) is 10.0 Å². The number of rotatable bonds is 4. The number of anilines is 1. The van der Waals surface area contributed by atoms with E-state index >= 15 is 0 Å². The van der Waals surface area contributed by atoms with E-state index in [-0.39, 0.29) is 11.6 Å². The van der Waals surface area contributed by atoms with Crippen LogP contribution < -0.4 is 4.72 Å². The second-order valence-corrected chi connectivity index (χ2v) is 8.10. The number of hydrogen-bond acceptors (Lipinski definition) is 3. The first kappa shape index (κ1) is 20.8.